The van der Waals surface area contributed by atoms with Crippen molar-refractivity contribution in [2.45, 2.75) is 33.2 Å². The Morgan fingerprint density at radius 3 is 2.65 bits per heavy atom. The summed E-state index contributed by atoms with van der Waals surface area (Å²) in [5, 5.41) is 14.5. The summed E-state index contributed by atoms with van der Waals surface area (Å²) in [6, 6.07) is 7.61. The van der Waals surface area contributed by atoms with Gasteiger partial charge < -0.3 is 5.11 Å². The molecule has 0 radical (unpaired) electrons. The summed E-state index contributed by atoms with van der Waals surface area (Å²) in [6.45, 7) is 4.33. The lowest BCUT2D eigenvalue weighted by atomic mass is 10.0. The molecule has 0 unspecified atom stereocenters. The normalized spacial score (nSPS) is 14.5. The number of rotatable bonds is 3. The summed E-state index contributed by atoms with van der Waals surface area (Å²) in [7, 11) is 0. The molecule has 1 saturated carbocycles. The van der Waals surface area contributed by atoms with Crippen LogP contribution < -0.4 is 5.56 Å². The minimum absolute atomic E-state index is 0.00338. The molecule has 1 N–H and O–H groups in total. The van der Waals surface area contributed by atoms with Crippen LogP contribution in [-0.2, 0) is 6.54 Å². The molecule has 0 atom stereocenters. The molecule has 0 bridgehead atoms. The Kier molecular flexibility index (Phi) is 3.08. The Hall–Kier alpha value is -2.10. The van der Waals surface area contributed by atoms with Gasteiger partial charge in [-0.15, -0.1) is 0 Å². The van der Waals surface area contributed by atoms with Gasteiger partial charge in [-0.2, -0.15) is 5.10 Å². The lowest BCUT2D eigenvalue weighted by Crippen LogP contribution is -2.26. The van der Waals surface area contributed by atoms with Crippen LogP contribution in [0.25, 0.3) is 11.1 Å². The zero-order valence-electron chi connectivity index (χ0n) is 11.8. The maximum absolute atomic E-state index is 12.6. The van der Waals surface area contributed by atoms with E-state index in [2.05, 4.69) is 5.10 Å². The van der Waals surface area contributed by atoms with E-state index in [1.807, 2.05) is 31.2 Å². The van der Waals surface area contributed by atoms with E-state index in [9.17, 15) is 9.90 Å². The molecule has 4 nitrogen and oxygen atoms in total. The van der Waals surface area contributed by atoms with E-state index in [0.29, 0.717) is 23.7 Å². The highest BCUT2D eigenvalue weighted by Crippen LogP contribution is 2.32. The average Bonchev–Trinajstić information content (AvgIpc) is 3.22. The summed E-state index contributed by atoms with van der Waals surface area (Å²) in [4.78, 5) is 12.6. The Morgan fingerprint density at radius 2 is 2.00 bits per heavy atom. The third kappa shape index (κ3) is 2.22. The molecule has 2 aromatic rings. The predicted molar refractivity (Wildman–Crippen MR) is 77.8 cm³/mol. The van der Waals surface area contributed by atoms with Crippen molar-refractivity contribution >= 4 is 0 Å². The molecule has 1 heterocycles. The first-order chi connectivity index (χ1) is 9.58. The third-order valence-corrected chi connectivity index (χ3v) is 3.84. The molecular formula is C16H18N2O2. The van der Waals surface area contributed by atoms with Gasteiger partial charge in [0.2, 0.25) is 0 Å². The summed E-state index contributed by atoms with van der Waals surface area (Å²) < 4.78 is 1.51. The molecule has 104 valence electrons. The second-order valence-corrected chi connectivity index (χ2v) is 5.55. The molecular weight excluding hydrogens is 252 g/mol. The van der Waals surface area contributed by atoms with E-state index in [-0.39, 0.29) is 11.3 Å². The zero-order valence-corrected chi connectivity index (χ0v) is 11.8. The molecule has 1 aromatic carbocycles. The van der Waals surface area contributed by atoms with Gasteiger partial charge in [0.1, 0.15) is 5.69 Å². The first-order valence-electron chi connectivity index (χ1n) is 6.94. The third-order valence-electron chi connectivity index (χ3n) is 3.84. The summed E-state index contributed by atoms with van der Waals surface area (Å²) >= 11 is 0. The standard InChI is InChI=1S/C16H18N2O2/c1-10-5-3-4-6-13(10)14-15(19)11(2)17-18(16(14)20)9-12-7-8-12/h3-6,12,19H,7-9H2,1-2H3. The van der Waals surface area contributed by atoms with Gasteiger partial charge in [-0.25, -0.2) is 4.68 Å². The van der Waals surface area contributed by atoms with Gasteiger partial charge in [-0.05, 0) is 43.7 Å². The van der Waals surface area contributed by atoms with Crippen LogP contribution in [0, 0.1) is 19.8 Å². The summed E-state index contributed by atoms with van der Waals surface area (Å²) in [5.41, 5.74) is 2.43. The molecule has 0 saturated heterocycles. The quantitative estimate of drug-likeness (QED) is 0.932. The van der Waals surface area contributed by atoms with Crippen LogP contribution in [0.3, 0.4) is 0 Å². The second-order valence-electron chi connectivity index (χ2n) is 5.55. The lowest BCUT2D eigenvalue weighted by molar-refractivity contribution is 0.449. The maximum atomic E-state index is 12.6. The Balaban J connectivity index is 2.21. The highest BCUT2D eigenvalue weighted by molar-refractivity contribution is 5.72. The van der Waals surface area contributed by atoms with Crippen LogP contribution in [0.5, 0.6) is 5.75 Å². The highest BCUT2D eigenvalue weighted by Gasteiger charge is 2.25. The van der Waals surface area contributed by atoms with E-state index < -0.39 is 0 Å². The first-order valence-corrected chi connectivity index (χ1v) is 6.94. The molecule has 1 aromatic heterocycles. The Labute approximate surface area is 117 Å². The predicted octanol–water partition coefficient (Wildman–Crippen LogP) is 2.64. The fraction of sp³-hybridized carbons (Fsp3) is 0.375. The van der Waals surface area contributed by atoms with E-state index >= 15 is 0 Å². The van der Waals surface area contributed by atoms with E-state index in [1.165, 1.54) is 4.68 Å². The molecule has 0 amide bonds. The van der Waals surface area contributed by atoms with Crippen molar-refractivity contribution in [2.24, 2.45) is 5.92 Å². The minimum Gasteiger partial charge on any atom is -0.505 e. The second kappa shape index (κ2) is 4.78. The van der Waals surface area contributed by atoms with Crippen molar-refractivity contribution in [1.29, 1.82) is 0 Å². The van der Waals surface area contributed by atoms with E-state index in [4.69, 9.17) is 0 Å². The Bertz CT molecular complexity index is 715. The topological polar surface area (TPSA) is 55.1 Å². The number of benzene rings is 1. The number of aryl methyl sites for hydroxylation is 2. The number of nitrogens with zero attached hydrogens (tertiary/aromatic N) is 2. The van der Waals surface area contributed by atoms with Crippen LogP contribution in [0.4, 0.5) is 0 Å². The Morgan fingerprint density at radius 1 is 1.30 bits per heavy atom. The maximum Gasteiger partial charge on any atom is 0.278 e. The summed E-state index contributed by atoms with van der Waals surface area (Å²) in [6.07, 6.45) is 2.32. The van der Waals surface area contributed by atoms with Gasteiger partial charge in [-0.3, -0.25) is 4.79 Å². The highest BCUT2D eigenvalue weighted by atomic mass is 16.3. The van der Waals surface area contributed by atoms with Gasteiger partial charge in [0.25, 0.3) is 5.56 Å². The van der Waals surface area contributed by atoms with Crippen LogP contribution >= 0.6 is 0 Å². The monoisotopic (exact) mass is 270 g/mol. The lowest BCUT2D eigenvalue weighted by Gasteiger charge is -2.12. The molecule has 0 spiro atoms. The molecule has 0 aliphatic heterocycles. The number of hydrogen-bond acceptors (Lipinski definition) is 3. The van der Waals surface area contributed by atoms with Crippen LogP contribution in [0.15, 0.2) is 29.1 Å². The van der Waals surface area contributed by atoms with Gasteiger partial charge in [-0.1, -0.05) is 24.3 Å². The number of aromatic hydroxyl groups is 1. The van der Waals surface area contributed by atoms with Crippen molar-refractivity contribution in [2.75, 3.05) is 0 Å². The van der Waals surface area contributed by atoms with Crippen molar-refractivity contribution in [1.82, 2.24) is 9.78 Å². The fourth-order valence-electron chi connectivity index (χ4n) is 2.45. The van der Waals surface area contributed by atoms with Crippen molar-refractivity contribution in [3.63, 3.8) is 0 Å². The molecule has 1 aliphatic rings. The zero-order chi connectivity index (χ0) is 14.3. The largest absolute Gasteiger partial charge is 0.505 e. The van der Waals surface area contributed by atoms with Gasteiger partial charge in [0, 0.05) is 6.54 Å². The van der Waals surface area contributed by atoms with Gasteiger partial charge >= 0.3 is 0 Å². The molecule has 4 heteroatoms. The van der Waals surface area contributed by atoms with Crippen molar-refractivity contribution < 1.29 is 5.11 Å². The van der Waals surface area contributed by atoms with Crippen LogP contribution in [0.2, 0.25) is 0 Å². The van der Waals surface area contributed by atoms with Gasteiger partial charge in [0.05, 0.1) is 5.56 Å². The molecule has 1 aliphatic carbocycles. The van der Waals surface area contributed by atoms with Crippen molar-refractivity contribution in [3.8, 4) is 16.9 Å². The minimum atomic E-state index is -0.200. The first kappa shape index (κ1) is 12.9. The van der Waals surface area contributed by atoms with Crippen molar-refractivity contribution in [3.05, 3.63) is 45.9 Å². The summed E-state index contributed by atoms with van der Waals surface area (Å²) in [5.74, 6) is 0.560. The molecule has 3 rings (SSSR count). The van der Waals surface area contributed by atoms with E-state index in [0.717, 1.165) is 24.0 Å². The van der Waals surface area contributed by atoms with E-state index in [1.54, 1.807) is 6.92 Å². The molecule has 20 heavy (non-hydrogen) atoms. The van der Waals surface area contributed by atoms with Crippen LogP contribution in [-0.4, -0.2) is 14.9 Å². The SMILES string of the molecule is Cc1ccccc1-c1c(O)c(C)nn(CC2CC2)c1=O. The smallest absolute Gasteiger partial charge is 0.278 e. The van der Waals surface area contributed by atoms with Gasteiger partial charge in [0.15, 0.2) is 5.75 Å². The van der Waals surface area contributed by atoms with Crippen LogP contribution in [0.1, 0.15) is 24.1 Å². The molecule has 1 fully saturated rings. The number of aromatic nitrogens is 2. The average molecular weight is 270 g/mol. The number of hydrogen-bond donors (Lipinski definition) is 1. The fourth-order valence-corrected chi connectivity index (χ4v) is 2.45.